The van der Waals surface area contributed by atoms with E-state index in [0.717, 1.165) is 16.9 Å². The number of nitrogens with one attached hydrogen (secondary N) is 1. The van der Waals surface area contributed by atoms with Crippen LogP contribution in [-0.4, -0.2) is 29.6 Å². The normalized spacial score (nSPS) is 14.1. The summed E-state index contributed by atoms with van der Waals surface area (Å²) in [5.74, 6) is 0.981. The number of ether oxygens (including phenoxy) is 1. The maximum atomic E-state index is 10.5. The number of para-hydroxylation sites is 2. The van der Waals surface area contributed by atoms with E-state index in [1.165, 1.54) is 11.3 Å². The van der Waals surface area contributed by atoms with E-state index >= 15 is 0 Å². The van der Waals surface area contributed by atoms with Crippen LogP contribution in [0, 0.1) is 5.41 Å². The van der Waals surface area contributed by atoms with Crippen molar-refractivity contribution in [3.63, 3.8) is 0 Å². The smallest absolute Gasteiger partial charge is 0.142 e. The predicted molar refractivity (Wildman–Crippen MR) is 110 cm³/mol. The second-order valence-electron chi connectivity index (χ2n) is 5.97. The molecule has 2 aromatic carbocycles. The summed E-state index contributed by atoms with van der Waals surface area (Å²) < 4.78 is 5.39. The molecule has 1 aliphatic heterocycles. The molecule has 0 fully saturated rings. The second kappa shape index (κ2) is 7.06. The van der Waals surface area contributed by atoms with E-state index in [-0.39, 0.29) is 18.1 Å². The fraction of sp³-hybridized carbons (Fsp3) is 0.100. The molecule has 4 rings (SSSR count). The fourth-order valence-electron chi connectivity index (χ4n) is 3.00. The number of methoxy groups -OCH3 is 1. The van der Waals surface area contributed by atoms with Crippen molar-refractivity contribution in [1.82, 2.24) is 4.98 Å². The molecule has 1 aromatic heterocycles. The molecule has 3 aromatic rings. The number of aliphatic hydroxyl groups excluding tert-OH is 1. The first-order valence-electron chi connectivity index (χ1n) is 8.22. The number of rotatable bonds is 4. The number of halogens is 1. The zero-order chi connectivity index (χ0) is 19.0. The third-order valence-electron chi connectivity index (χ3n) is 4.34. The monoisotopic (exact) mass is 397 g/mol. The van der Waals surface area contributed by atoms with E-state index < -0.39 is 0 Å². The summed E-state index contributed by atoms with van der Waals surface area (Å²) in [4.78, 5) is 6.34. The molecular formula is C20H16ClN3O2S. The number of benzene rings is 2. The van der Waals surface area contributed by atoms with Crippen molar-refractivity contribution in [2.75, 3.05) is 18.6 Å². The van der Waals surface area contributed by atoms with Crippen LogP contribution in [-0.2, 0) is 0 Å². The molecular weight excluding hydrogens is 382 g/mol. The van der Waals surface area contributed by atoms with Gasteiger partial charge in [0, 0.05) is 16.0 Å². The Balaban J connectivity index is 1.66. The first-order valence-corrected chi connectivity index (χ1v) is 9.47. The van der Waals surface area contributed by atoms with Crippen LogP contribution >= 0.6 is 22.9 Å². The molecule has 0 unspecified atom stereocenters. The topological polar surface area (TPSA) is 69.4 Å². The lowest BCUT2D eigenvalue weighted by Crippen LogP contribution is -2.26. The SMILES string of the molecule is COc1ccccc1N1CC(O)=C(c2nc(-c3ccc(Cl)cc3)cs2)C1=N. The molecule has 0 saturated carbocycles. The first kappa shape index (κ1) is 17.6. The third-order valence-corrected chi connectivity index (χ3v) is 5.45. The molecule has 1 aliphatic rings. The minimum absolute atomic E-state index is 0.128. The lowest BCUT2D eigenvalue weighted by molar-refractivity contribution is 0.407. The maximum Gasteiger partial charge on any atom is 0.142 e. The van der Waals surface area contributed by atoms with Gasteiger partial charge in [0.15, 0.2) is 0 Å². The highest BCUT2D eigenvalue weighted by Crippen LogP contribution is 2.37. The summed E-state index contributed by atoms with van der Waals surface area (Å²) in [6.07, 6.45) is 0. The van der Waals surface area contributed by atoms with E-state index in [9.17, 15) is 5.11 Å². The average Bonchev–Trinajstić information content (AvgIpc) is 3.26. The lowest BCUT2D eigenvalue weighted by atomic mass is 10.2. The number of thiazole rings is 1. The molecule has 2 N–H and O–H groups in total. The Bertz CT molecular complexity index is 1040. The van der Waals surface area contributed by atoms with Crippen LogP contribution in [0.15, 0.2) is 59.7 Å². The van der Waals surface area contributed by atoms with Crippen molar-refractivity contribution < 1.29 is 9.84 Å². The number of aromatic nitrogens is 1. The molecule has 0 bridgehead atoms. The van der Waals surface area contributed by atoms with Crippen LogP contribution in [0.3, 0.4) is 0 Å². The molecule has 5 nitrogen and oxygen atoms in total. The molecule has 0 spiro atoms. The van der Waals surface area contributed by atoms with E-state index in [1.54, 1.807) is 12.0 Å². The zero-order valence-corrected chi connectivity index (χ0v) is 16.0. The van der Waals surface area contributed by atoms with Gasteiger partial charge >= 0.3 is 0 Å². The van der Waals surface area contributed by atoms with E-state index in [4.69, 9.17) is 21.7 Å². The predicted octanol–water partition coefficient (Wildman–Crippen LogP) is 5.24. The summed E-state index contributed by atoms with van der Waals surface area (Å²) in [5.41, 5.74) is 2.91. The van der Waals surface area contributed by atoms with Crippen molar-refractivity contribution >= 4 is 40.0 Å². The standard InChI is InChI=1S/C20H16ClN3O2S/c1-26-17-5-3-2-4-15(17)24-10-16(25)18(19(24)22)20-23-14(11-27-20)12-6-8-13(21)9-7-12/h2-9,11,22,25H,10H2,1H3. The van der Waals surface area contributed by atoms with Crippen molar-refractivity contribution in [3.8, 4) is 17.0 Å². The molecule has 0 atom stereocenters. The Labute approximate surface area is 165 Å². The number of anilines is 1. The van der Waals surface area contributed by atoms with E-state index in [0.29, 0.717) is 21.4 Å². The molecule has 27 heavy (non-hydrogen) atoms. The van der Waals surface area contributed by atoms with Gasteiger partial charge in [0.1, 0.15) is 22.4 Å². The Hall–Kier alpha value is -2.83. The number of amidine groups is 1. The minimum atomic E-state index is 0.128. The van der Waals surface area contributed by atoms with E-state index in [1.807, 2.05) is 53.9 Å². The second-order valence-corrected chi connectivity index (χ2v) is 7.27. The maximum absolute atomic E-state index is 10.5. The zero-order valence-electron chi connectivity index (χ0n) is 14.4. The molecule has 7 heteroatoms. The van der Waals surface area contributed by atoms with Gasteiger partial charge in [0.2, 0.25) is 0 Å². The highest BCUT2D eigenvalue weighted by Gasteiger charge is 2.32. The minimum Gasteiger partial charge on any atom is -0.510 e. The Morgan fingerprint density at radius 2 is 1.93 bits per heavy atom. The molecule has 0 radical (unpaired) electrons. The summed E-state index contributed by atoms with van der Waals surface area (Å²) in [5, 5.41) is 22.3. The Morgan fingerprint density at radius 1 is 1.19 bits per heavy atom. The quantitative estimate of drug-likeness (QED) is 0.631. The summed E-state index contributed by atoms with van der Waals surface area (Å²) >= 11 is 7.34. The number of nitrogens with zero attached hydrogens (tertiary/aromatic N) is 2. The van der Waals surface area contributed by atoms with E-state index in [2.05, 4.69) is 4.98 Å². The third kappa shape index (κ3) is 3.18. The van der Waals surface area contributed by atoms with Crippen LogP contribution in [0.25, 0.3) is 16.8 Å². The first-order chi connectivity index (χ1) is 13.1. The van der Waals surface area contributed by atoms with Gasteiger partial charge in [-0.1, -0.05) is 35.9 Å². The van der Waals surface area contributed by atoms with Crippen molar-refractivity contribution in [3.05, 3.63) is 69.7 Å². The largest absolute Gasteiger partial charge is 0.510 e. The molecule has 2 heterocycles. The van der Waals surface area contributed by atoms with Crippen molar-refractivity contribution in [1.29, 1.82) is 5.41 Å². The van der Waals surface area contributed by atoms with Crippen molar-refractivity contribution in [2.45, 2.75) is 0 Å². The van der Waals surface area contributed by atoms with Gasteiger partial charge in [-0.05, 0) is 24.3 Å². The lowest BCUT2D eigenvalue weighted by Gasteiger charge is -2.21. The summed E-state index contributed by atoms with van der Waals surface area (Å²) in [6, 6.07) is 14.9. The van der Waals surface area contributed by atoms with Gasteiger partial charge in [0.05, 0.1) is 30.6 Å². The van der Waals surface area contributed by atoms with Crippen molar-refractivity contribution in [2.24, 2.45) is 0 Å². The Morgan fingerprint density at radius 3 is 2.67 bits per heavy atom. The molecule has 0 amide bonds. The number of hydrogen-bond donors (Lipinski definition) is 2. The van der Waals surface area contributed by atoms with Crippen LogP contribution < -0.4 is 9.64 Å². The summed E-state index contributed by atoms with van der Waals surface area (Å²) in [6.45, 7) is 0.213. The van der Waals surface area contributed by atoms with Crippen LogP contribution in [0.5, 0.6) is 5.75 Å². The van der Waals surface area contributed by atoms with Gasteiger partial charge in [-0.3, -0.25) is 5.41 Å². The van der Waals surface area contributed by atoms with Gasteiger partial charge in [-0.15, -0.1) is 11.3 Å². The highest BCUT2D eigenvalue weighted by atomic mass is 35.5. The van der Waals surface area contributed by atoms with Crippen LogP contribution in [0.1, 0.15) is 5.01 Å². The van der Waals surface area contributed by atoms with Gasteiger partial charge in [-0.2, -0.15) is 0 Å². The number of aliphatic hydroxyl groups is 1. The summed E-state index contributed by atoms with van der Waals surface area (Å²) in [7, 11) is 1.59. The van der Waals surface area contributed by atoms with Gasteiger partial charge in [0.25, 0.3) is 0 Å². The van der Waals surface area contributed by atoms with Gasteiger partial charge < -0.3 is 14.7 Å². The fourth-order valence-corrected chi connectivity index (χ4v) is 4.03. The molecule has 0 saturated heterocycles. The Kier molecular flexibility index (Phi) is 4.59. The molecule has 0 aliphatic carbocycles. The highest BCUT2D eigenvalue weighted by molar-refractivity contribution is 7.11. The van der Waals surface area contributed by atoms with Gasteiger partial charge in [-0.25, -0.2) is 4.98 Å². The number of hydrogen-bond acceptors (Lipinski definition) is 5. The molecule has 136 valence electrons. The van der Waals surface area contributed by atoms with Crippen LogP contribution in [0.4, 0.5) is 5.69 Å². The van der Waals surface area contributed by atoms with Crippen LogP contribution in [0.2, 0.25) is 5.02 Å². The average molecular weight is 398 g/mol.